The van der Waals surface area contributed by atoms with Gasteiger partial charge in [0.15, 0.2) is 5.15 Å². The molecule has 0 N–H and O–H groups in total. The van der Waals surface area contributed by atoms with Crippen molar-refractivity contribution in [1.82, 2.24) is 14.8 Å². The first-order chi connectivity index (χ1) is 12.6. The van der Waals surface area contributed by atoms with Crippen LogP contribution in [0.25, 0.3) is 5.69 Å². The largest absolute Gasteiger partial charge is 0.308 e. The maximum atomic E-state index is 12.6. The number of aromatic nitrogens is 3. The van der Waals surface area contributed by atoms with Gasteiger partial charge in [-0.2, -0.15) is 16.9 Å². The Balaban J connectivity index is 1.63. The molecule has 1 saturated carbocycles. The van der Waals surface area contributed by atoms with Crippen LogP contribution in [0.3, 0.4) is 0 Å². The molecular formula is C18H21ClN4O2S. The van der Waals surface area contributed by atoms with Crippen LogP contribution in [0.2, 0.25) is 5.15 Å². The number of nitrogens with zero attached hydrogens (tertiary/aromatic N) is 4. The first kappa shape index (κ1) is 18.9. The molecule has 0 aromatic carbocycles. The molecule has 1 atom stereocenters. The summed E-state index contributed by atoms with van der Waals surface area (Å²) in [5, 5.41) is 4.94. The van der Waals surface area contributed by atoms with Crippen molar-refractivity contribution in [3.63, 3.8) is 0 Å². The van der Waals surface area contributed by atoms with Gasteiger partial charge in [0.2, 0.25) is 5.91 Å². The molecule has 138 valence electrons. The second-order valence-electron chi connectivity index (χ2n) is 6.12. The van der Waals surface area contributed by atoms with E-state index in [2.05, 4.69) is 10.1 Å². The van der Waals surface area contributed by atoms with Crippen LogP contribution < -0.4 is 4.90 Å². The lowest BCUT2D eigenvalue weighted by Crippen LogP contribution is -2.31. The zero-order valence-corrected chi connectivity index (χ0v) is 16.2. The maximum Gasteiger partial charge on any atom is 0.227 e. The first-order valence-electron chi connectivity index (χ1n) is 8.67. The second-order valence-corrected chi connectivity index (χ2v) is 7.89. The molecule has 2 aromatic rings. The average molecular weight is 393 g/mol. The highest BCUT2D eigenvalue weighted by atomic mass is 35.5. The first-order valence-corrected chi connectivity index (χ1v) is 10.1. The maximum absolute atomic E-state index is 12.6. The van der Waals surface area contributed by atoms with Crippen molar-refractivity contribution < 1.29 is 9.59 Å². The lowest BCUT2D eigenvalue weighted by Gasteiger charge is -2.19. The molecule has 8 heteroatoms. The minimum atomic E-state index is 0.0111. The number of rotatable bonds is 7. The molecule has 2 heterocycles. The predicted molar refractivity (Wildman–Crippen MR) is 104 cm³/mol. The zero-order valence-electron chi connectivity index (χ0n) is 14.6. The van der Waals surface area contributed by atoms with E-state index in [1.807, 2.05) is 19.1 Å². The average Bonchev–Trinajstić information content (AvgIpc) is 3.23. The molecular weight excluding hydrogens is 372 g/mol. The van der Waals surface area contributed by atoms with E-state index in [9.17, 15) is 9.59 Å². The molecule has 6 nitrogen and oxygen atoms in total. The molecule has 1 aliphatic rings. The fourth-order valence-electron chi connectivity index (χ4n) is 3.00. The Morgan fingerprint density at radius 3 is 3.00 bits per heavy atom. The van der Waals surface area contributed by atoms with Crippen LogP contribution in [-0.4, -0.2) is 44.0 Å². The summed E-state index contributed by atoms with van der Waals surface area (Å²) >= 11 is 7.99. The van der Waals surface area contributed by atoms with Crippen LogP contribution >= 0.6 is 23.4 Å². The predicted octanol–water partition coefficient (Wildman–Crippen LogP) is 3.52. The van der Waals surface area contributed by atoms with E-state index in [1.54, 1.807) is 39.9 Å². The standard InChI is InChI=1S/C18H21ClN4O2S/c1-2-22(17(25)7-9-26-15-6-5-14(24)10-15)16-12-23(21-18(16)19)13-4-3-8-20-11-13/h3-4,8,11-12,15H,2,5-7,9-10H2,1H3. The number of carbonyl (C=O) groups is 2. The summed E-state index contributed by atoms with van der Waals surface area (Å²) in [6, 6.07) is 3.69. The van der Waals surface area contributed by atoms with Crippen molar-refractivity contribution >= 4 is 40.7 Å². The van der Waals surface area contributed by atoms with Crippen molar-refractivity contribution in [3.05, 3.63) is 35.9 Å². The number of thioether (sulfide) groups is 1. The van der Waals surface area contributed by atoms with Crippen molar-refractivity contribution in [2.75, 3.05) is 17.2 Å². The topological polar surface area (TPSA) is 68.1 Å². The van der Waals surface area contributed by atoms with Gasteiger partial charge in [0.05, 0.1) is 18.1 Å². The molecule has 0 bridgehead atoms. The SMILES string of the molecule is CCN(C(=O)CCSC1CCC(=O)C1)c1cn(-c2cccnc2)nc1Cl. The Kier molecular flexibility index (Phi) is 6.32. The van der Waals surface area contributed by atoms with E-state index < -0.39 is 0 Å². The molecule has 0 radical (unpaired) electrons. The van der Waals surface area contributed by atoms with Crippen LogP contribution in [0.1, 0.15) is 32.6 Å². The number of hydrogen-bond donors (Lipinski definition) is 0. The highest BCUT2D eigenvalue weighted by Crippen LogP contribution is 2.29. The van der Waals surface area contributed by atoms with Gasteiger partial charge in [-0.15, -0.1) is 0 Å². The highest BCUT2D eigenvalue weighted by Gasteiger charge is 2.24. The summed E-state index contributed by atoms with van der Waals surface area (Å²) < 4.78 is 1.62. The number of halogens is 1. The Hall–Kier alpha value is -1.86. The van der Waals surface area contributed by atoms with Crippen LogP contribution in [0.4, 0.5) is 5.69 Å². The number of pyridine rings is 1. The van der Waals surface area contributed by atoms with Gasteiger partial charge in [0.25, 0.3) is 0 Å². The summed E-state index contributed by atoms with van der Waals surface area (Å²) in [4.78, 5) is 29.7. The van der Waals surface area contributed by atoms with E-state index in [0.29, 0.717) is 48.3 Å². The van der Waals surface area contributed by atoms with Crippen molar-refractivity contribution in [2.45, 2.75) is 37.9 Å². The quantitative estimate of drug-likeness (QED) is 0.721. The smallest absolute Gasteiger partial charge is 0.227 e. The molecule has 2 aromatic heterocycles. The third kappa shape index (κ3) is 4.45. The monoisotopic (exact) mass is 392 g/mol. The van der Waals surface area contributed by atoms with Crippen molar-refractivity contribution in [2.24, 2.45) is 0 Å². The van der Waals surface area contributed by atoms with Crippen LogP contribution in [-0.2, 0) is 9.59 Å². The minimum Gasteiger partial charge on any atom is -0.308 e. The number of Topliss-reactive ketones (excluding diaryl/α,β-unsaturated/α-hetero) is 1. The van der Waals surface area contributed by atoms with Gasteiger partial charge in [0.1, 0.15) is 11.5 Å². The molecule has 0 aliphatic heterocycles. The summed E-state index contributed by atoms with van der Waals surface area (Å²) in [6.45, 7) is 2.43. The van der Waals surface area contributed by atoms with Gasteiger partial charge in [0, 0.05) is 43.0 Å². The lowest BCUT2D eigenvalue weighted by molar-refractivity contribution is -0.118. The normalized spacial score (nSPS) is 16.8. The second kappa shape index (κ2) is 8.68. The van der Waals surface area contributed by atoms with Gasteiger partial charge in [-0.1, -0.05) is 11.6 Å². The Labute approximate surface area is 161 Å². The number of amides is 1. The molecule has 0 spiro atoms. The van der Waals surface area contributed by atoms with E-state index in [-0.39, 0.29) is 11.1 Å². The fraction of sp³-hybridized carbons (Fsp3) is 0.444. The summed E-state index contributed by atoms with van der Waals surface area (Å²) in [6.07, 6.45) is 7.79. The minimum absolute atomic E-state index is 0.0111. The van der Waals surface area contributed by atoms with Crippen molar-refractivity contribution in [3.8, 4) is 5.69 Å². The number of ketones is 1. The van der Waals surface area contributed by atoms with Crippen LogP contribution in [0, 0.1) is 0 Å². The molecule has 0 saturated heterocycles. The van der Waals surface area contributed by atoms with Gasteiger partial charge >= 0.3 is 0 Å². The number of hydrogen-bond acceptors (Lipinski definition) is 5. The summed E-state index contributed by atoms with van der Waals surface area (Å²) in [5.41, 5.74) is 1.38. The van der Waals surface area contributed by atoms with Gasteiger partial charge in [-0.3, -0.25) is 14.6 Å². The van der Waals surface area contributed by atoms with E-state index in [4.69, 9.17) is 11.6 Å². The summed E-state index contributed by atoms with van der Waals surface area (Å²) in [5.74, 6) is 1.05. The third-order valence-electron chi connectivity index (χ3n) is 4.34. The van der Waals surface area contributed by atoms with Crippen molar-refractivity contribution in [1.29, 1.82) is 0 Å². The van der Waals surface area contributed by atoms with E-state index in [1.165, 1.54) is 0 Å². The Morgan fingerprint density at radius 2 is 2.35 bits per heavy atom. The Bertz CT molecular complexity index is 781. The number of carbonyl (C=O) groups excluding carboxylic acids is 2. The molecule has 26 heavy (non-hydrogen) atoms. The molecule has 1 amide bonds. The molecule has 3 rings (SSSR count). The fourth-order valence-corrected chi connectivity index (χ4v) is 4.44. The number of anilines is 1. The molecule has 1 fully saturated rings. The molecule has 1 aliphatic carbocycles. The van der Waals surface area contributed by atoms with Crippen LogP contribution in [0.5, 0.6) is 0 Å². The zero-order chi connectivity index (χ0) is 18.5. The van der Waals surface area contributed by atoms with Crippen LogP contribution in [0.15, 0.2) is 30.7 Å². The van der Waals surface area contributed by atoms with Gasteiger partial charge in [-0.05, 0) is 25.5 Å². The summed E-state index contributed by atoms with van der Waals surface area (Å²) in [7, 11) is 0. The molecule has 1 unspecified atom stereocenters. The van der Waals surface area contributed by atoms with E-state index >= 15 is 0 Å². The van der Waals surface area contributed by atoms with E-state index in [0.717, 1.165) is 12.1 Å². The van der Waals surface area contributed by atoms with Gasteiger partial charge < -0.3 is 4.90 Å². The lowest BCUT2D eigenvalue weighted by atomic mass is 10.3. The Morgan fingerprint density at radius 1 is 1.50 bits per heavy atom. The van der Waals surface area contributed by atoms with Gasteiger partial charge in [-0.25, -0.2) is 4.68 Å². The third-order valence-corrected chi connectivity index (χ3v) is 5.92. The highest BCUT2D eigenvalue weighted by molar-refractivity contribution is 7.99.